The molecule has 0 saturated heterocycles. The van der Waals surface area contributed by atoms with E-state index in [1.807, 2.05) is 0 Å². The average Bonchev–Trinajstić information content (AvgIpc) is 2.41. The van der Waals surface area contributed by atoms with Gasteiger partial charge in [-0.05, 0) is 32.4 Å². The molecule has 0 aromatic heterocycles. The Labute approximate surface area is 116 Å². The smallest absolute Gasteiger partial charge is 0.316 e. The largest absolute Gasteiger partial charge is 0.465 e. The molecule has 0 aliphatic carbocycles. The molecule has 0 N–H and O–H groups in total. The van der Waals surface area contributed by atoms with Gasteiger partial charge in [0.15, 0.2) is 5.78 Å². The van der Waals surface area contributed by atoms with Crippen LogP contribution < -0.4 is 0 Å². The normalized spacial score (nSPS) is 13.7. The molecule has 0 radical (unpaired) electrons. The Kier molecular flexibility index (Phi) is 5.80. The number of ether oxygens (including phenoxy) is 1. The standard InChI is InChI=1S/C15H18F2O3/c1-4-10(13-11(16)7-6-8-12(13)17)14(18)9(3)15(19)20-5-2/h6-10H,4-5H2,1-3H3/t9-,10-/m0/s1. The van der Waals surface area contributed by atoms with Gasteiger partial charge >= 0.3 is 5.97 Å². The Hall–Kier alpha value is -1.78. The van der Waals surface area contributed by atoms with Crippen LogP contribution in [0.15, 0.2) is 18.2 Å². The molecule has 20 heavy (non-hydrogen) atoms. The maximum absolute atomic E-state index is 13.8. The predicted octanol–water partition coefficient (Wildman–Crippen LogP) is 3.23. The zero-order chi connectivity index (χ0) is 15.3. The fourth-order valence-corrected chi connectivity index (χ4v) is 2.08. The summed E-state index contributed by atoms with van der Waals surface area (Å²) in [6.07, 6.45) is 0.209. The molecule has 0 fully saturated rings. The first kappa shape index (κ1) is 16.3. The second-order valence-electron chi connectivity index (χ2n) is 4.47. The third-order valence-corrected chi connectivity index (χ3v) is 3.17. The van der Waals surface area contributed by atoms with Crippen molar-refractivity contribution in [1.29, 1.82) is 0 Å². The zero-order valence-electron chi connectivity index (χ0n) is 11.8. The molecule has 1 rings (SSSR count). The molecule has 0 spiro atoms. The summed E-state index contributed by atoms with van der Waals surface area (Å²) in [6.45, 7) is 4.82. The summed E-state index contributed by atoms with van der Waals surface area (Å²) in [5, 5.41) is 0. The van der Waals surface area contributed by atoms with E-state index in [2.05, 4.69) is 0 Å². The maximum atomic E-state index is 13.8. The van der Waals surface area contributed by atoms with Gasteiger partial charge in [0.1, 0.15) is 17.6 Å². The van der Waals surface area contributed by atoms with Crippen LogP contribution in [0.5, 0.6) is 0 Å². The van der Waals surface area contributed by atoms with E-state index in [0.717, 1.165) is 12.1 Å². The van der Waals surface area contributed by atoms with Crippen LogP contribution in [0, 0.1) is 17.6 Å². The number of hydrogen-bond acceptors (Lipinski definition) is 3. The molecule has 0 aliphatic heterocycles. The van der Waals surface area contributed by atoms with Gasteiger partial charge in [-0.3, -0.25) is 9.59 Å². The third kappa shape index (κ3) is 3.40. The summed E-state index contributed by atoms with van der Waals surface area (Å²) >= 11 is 0. The lowest BCUT2D eigenvalue weighted by Gasteiger charge is -2.19. The lowest BCUT2D eigenvalue weighted by molar-refractivity contribution is -0.151. The Morgan fingerprint density at radius 1 is 1.20 bits per heavy atom. The van der Waals surface area contributed by atoms with E-state index in [1.165, 1.54) is 13.0 Å². The fraction of sp³-hybridized carbons (Fsp3) is 0.467. The Morgan fingerprint density at radius 2 is 1.75 bits per heavy atom. The minimum atomic E-state index is -1.04. The molecular weight excluding hydrogens is 266 g/mol. The van der Waals surface area contributed by atoms with Crippen molar-refractivity contribution >= 4 is 11.8 Å². The number of rotatable bonds is 6. The molecule has 1 aromatic rings. The number of halogens is 2. The lowest BCUT2D eigenvalue weighted by Crippen LogP contribution is -2.29. The molecule has 110 valence electrons. The lowest BCUT2D eigenvalue weighted by atomic mass is 9.85. The van der Waals surface area contributed by atoms with E-state index in [4.69, 9.17) is 4.74 Å². The second kappa shape index (κ2) is 7.12. The van der Waals surface area contributed by atoms with Gasteiger partial charge in [-0.1, -0.05) is 13.0 Å². The topological polar surface area (TPSA) is 43.4 Å². The van der Waals surface area contributed by atoms with Crippen molar-refractivity contribution in [1.82, 2.24) is 0 Å². The number of carbonyl (C=O) groups is 2. The molecule has 5 heteroatoms. The molecule has 0 bridgehead atoms. The van der Waals surface area contributed by atoms with Crippen molar-refractivity contribution in [3.05, 3.63) is 35.4 Å². The van der Waals surface area contributed by atoms with Crippen molar-refractivity contribution < 1.29 is 23.1 Å². The minimum Gasteiger partial charge on any atom is -0.465 e. The van der Waals surface area contributed by atoms with E-state index in [0.29, 0.717) is 0 Å². The van der Waals surface area contributed by atoms with Gasteiger partial charge in [0, 0.05) is 11.5 Å². The molecule has 0 unspecified atom stereocenters. The summed E-state index contributed by atoms with van der Waals surface area (Å²) in [5.41, 5.74) is -0.281. The van der Waals surface area contributed by atoms with Crippen molar-refractivity contribution in [2.45, 2.75) is 33.1 Å². The van der Waals surface area contributed by atoms with Crippen LogP contribution in [-0.4, -0.2) is 18.4 Å². The summed E-state index contributed by atoms with van der Waals surface area (Å²) < 4.78 is 32.3. The van der Waals surface area contributed by atoms with Gasteiger partial charge < -0.3 is 4.74 Å². The van der Waals surface area contributed by atoms with Crippen LogP contribution in [0.1, 0.15) is 38.7 Å². The Bertz CT molecular complexity index is 480. The fourth-order valence-electron chi connectivity index (χ4n) is 2.08. The highest BCUT2D eigenvalue weighted by Crippen LogP contribution is 2.29. The van der Waals surface area contributed by atoms with Gasteiger partial charge in [-0.15, -0.1) is 0 Å². The highest BCUT2D eigenvalue weighted by Gasteiger charge is 2.32. The molecule has 1 aromatic carbocycles. The van der Waals surface area contributed by atoms with E-state index in [9.17, 15) is 18.4 Å². The maximum Gasteiger partial charge on any atom is 0.316 e. The number of Topliss-reactive ketones (excluding diaryl/α,β-unsaturated/α-hetero) is 1. The highest BCUT2D eigenvalue weighted by atomic mass is 19.1. The van der Waals surface area contributed by atoms with Crippen LogP contribution in [0.2, 0.25) is 0 Å². The highest BCUT2D eigenvalue weighted by molar-refractivity contribution is 6.01. The van der Waals surface area contributed by atoms with Gasteiger partial charge in [0.25, 0.3) is 0 Å². The van der Waals surface area contributed by atoms with Gasteiger partial charge in [0.05, 0.1) is 6.61 Å². The molecular formula is C15H18F2O3. The van der Waals surface area contributed by atoms with Gasteiger partial charge in [-0.2, -0.15) is 0 Å². The van der Waals surface area contributed by atoms with Crippen LogP contribution in [0.3, 0.4) is 0 Å². The molecule has 0 heterocycles. The van der Waals surface area contributed by atoms with Crippen LogP contribution >= 0.6 is 0 Å². The van der Waals surface area contributed by atoms with Gasteiger partial charge in [-0.25, -0.2) is 8.78 Å². The molecule has 0 saturated carbocycles. The van der Waals surface area contributed by atoms with Crippen molar-refractivity contribution in [2.75, 3.05) is 6.61 Å². The number of esters is 1. The second-order valence-corrected chi connectivity index (χ2v) is 4.47. The summed E-state index contributed by atoms with van der Waals surface area (Å²) in [6, 6.07) is 3.44. The minimum absolute atomic E-state index is 0.154. The first-order chi connectivity index (χ1) is 9.43. The average molecular weight is 284 g/mol. The van der Waals surface area contributed by atoms with Crippen molar-refractivity contribution in [2.24, 2.45) is 5.92 Å². The van der Waals surface area contributed by atoms with Crippen molar-refractivity contribution in [3.8, 4) is 0 Å². The third-order valence-electron chi connectivity index (χ3n) is 3.17. The van der Waals surface area contributed by atoms with E-state index < -0.39 is 35.2 Å². The SMILES string of the molecule is CCOC(=O)[C@@H](C)C(=O)[C@@H](CC)c1c(F)cccc1F. The van der Waals surface area contributed by atoms with E-state index in [1.54, 1.807) is 13.8 Å². The summed E-state index contributed by atoms with van der Waals surface area (Å²) in [7, 11) is 0. The first-order valence-electron chi connectivity index (χ1n) is 6.58. The first-order valence-corrected chi connectivity index (χ1v) is 6.58. The quantitative estimate of drug-likeness (QED) is 0.595. The number of carbonyl (C=O) groups excluding carboxylic acids is 2. The zero-order valence-corrected chi connectivity index (χ0v) is 11.8. The number of ketones is 1. The summed E-state index contributed by atoms with van der Waals surface area (Å²) in [5.74, 6) is -4.79. The monoisotopic (exact) mass is 284 g/mol. The van der Waals surface area contributed by atoms with Gasteiger partial charge in [0.2, 0.25) is 0 Å². The molecule has 3 nitrogen and oxygen atoms in total. The number of hydrogen-bond donors (Lipinski definition) is 0. The molecule has 0 aliphatic rings. The predicted molar refractivity (Wildman–Crippen MR) is 70.2 cm³/mol. The van der Waals surface area contributed by atoms with Crippen LogP contribution in [-0.2, 0) is 14.3 Å². The van der Waals surface area contributed by atoms with Crippen LogP contribution in [0.4, 0.5) is 8.78 Å². The van der Waals surface area contributed by atoms with E-state index in [-0.39, 0.29) is 18.6 Å². The van der Waals surface area contributed by atoms with E-state index >= 15 is 0 Å². The molecule has 2 atom stereocenters. The Morgan fingerprint density at radius 3 is 2.20 bits per heavy atom. The number of benzene rings is 1. The molecule has 0 amide bonds. The van der Waals surface area contributed by atoms with Crippen LogP contribution in [0.25, 0.3) is 0 Å². The van der Waals surface area contributed by atoms with Crippen molar-refractivity contribution in [3.63, 3.8) is 0 Å². The summed E-state index contributed by atoms with van der Waals surface area (Å²) in [4.78, 5) is 23.8. The Balaban J connectivity index is 3.07.